The van der Waals surface area contributed by atoms with Gasteiger partial charge in [-0.2, -0.15) is 0 Å². The minimum atomic E-state index is -0.266. The molecule has 1 aromatic carbocycles. The lowest BCUT2D eigenvalue weighted by atomic mass is 10.1. The molecule has 0 bridgehead atoms. The highest BCUT2D eigenvalue weighted by molar-refractivity contribution is 5.92. The number of ether oxygens (including phenoxy) is 1. The van der Waals surface area contributed by atoms with Crippen molar-refractivity contribution >= 4 is 17.6 Å². The van der Waals surface area contributed by atoms with Gasteiger partial charge in [-0.05, 0) is 38.0 Å². The average Bonchev–Trinajstić information content (AvgIpc) is 2.61. The number of rotatable bonds is 8. The molecule has 1 atom stereocenters. The molecule has 3 N–H and O–H groups in total. The van der Waals surface area contributed by atoms with E-state index in [1.807, 2.05) is 52.0 Å². The summed E-state index contributed by atoms with van der Waals surface area (Å²) in [4.78, 5) is 16.2. The van der Waals surface area contributed by atoms with Gasteiger partial charge in [0.2, 0.25) is 5.91 Å². The first-order chi connectivity index (χ1) is 11.8. The number of carbonyl (C=O) groups is 1. The molecule has 0 aliphatic rings. The molecule has 1 unspecified atom stereocenters. The van der Waals surface area contributed by atoms with Crippen LogP contribution < -0.4 is 16.0 Å². The summed E-state index contributed by atoms with van der Waals surface area (Å²) in [7, 11) is 3.43. The summed E-state index contributed by atoms with van der Waals surface area (Å²) in [6.45, 7) is 9.22. The monoisotopic (exact) mass is 348 g/mol. The first-order valence-electron chi connectivity index (χ1n) is 8.70. The van der Waals surface area contributed by atoms with E-state index in [0.29, 0.717) is 19.0 Å². The molecule has 1 rings (SSSR count). The van der Waals surface area contributed by atoms with Crippen LogP contribution in [-0.2, 0) is 16.1 Å². The molecule has 0 heterocycles. The third kappa shape index (κ3) is 7.56. The number of carbonyl (C=O) groups excluding carboxylic acids is 1. The third-order valence-corrected chi connectivity index (χ3v) is 4.17. The molecule has 140 valence electrons. The summed E-state index contributed by atoms with van der Waals surface area (Å²) in [5, 5.41) is 9.47. The van der Waals surface area contributed by atoms with Gasteiger partial charge in [0, 0.05) is 38.9 Å². The van der Waals surface area contributed by atoms with Gasteiger partial charge in [-0.1, -0.05) is 26.0 Å². The maximum atomic E-state index is 12.0. The fraction of sp³-hybridized carbons (Fsp3) is 0.579. The summed E-state index contributed by atoms with van der Waals surface area (Å²) in [5.41, 5.74) is 1.61. The van der Waals surface area contributed by atoms with Gasteiger partial charge in [0.05, 0.1) is 5.60 Å². The van der Waals surface area contributed by atoms with E-state index in [2.05, 4.69) is 20.9 Å². The van der Waals surface area contributed by atoms with Crippen molar-refractivity contribution in [2.75, 3.05) is 26.0 Å². The fourth-order valence-electron chi connectivity index (χ4n) is 1.99. The van der Waals surface area contributed by atoms with Gasteiger partial charge in [-0.25, -0.2) is 0 Å². The lowest BCUT2D eigenvalue weighted by Crippen LogP contribution is -2.45. The second-order valence-electron chi connectivity index (χ2n) is 6.74. The Balaban J connectivity index is 2.59. The van der Waals surface area contributed by atoms with Crippen LogP contribution in [0.2, 0.25) is 0 Å². The molecule has 0 aromatic heterocycles. The Morgan fingerprint density at radius 3 is 2.64 bits per heavy atom. The Labute approximate surface area is 151 Å². The van der Waals surface area contributed by atoms with Crippen molar-refractivity contribution in [3.05, 3.63) is 29.8 Å². The van der Waals surface area contributed by atoms with Gasteiger partial charge in [-0.15, -0.1) is 0 Å². The van der Waals surface area contributed by atoms with Crippen LogP contribution >= 0.6 is 0 Å². The lowest BCUT2D eigenvalue weighted by molar-refractivity contribution is -0.119. The Morgan fingerprint density at radius 2 is 2.04 bits per heavy atom. The molecule has 0 radical (unpaired) electrons. The second-order valence-corrected chi connectivity index (χ2v) is 6.74. The van der Waals surface area contributed by atoms with Crippen LogP contribution in [0.4, 0.5) is 5.69 Å². The minimum Gasteiger partial charge on any atom is -0.377 e. The van der Waals surface area contributed by atoms with E-state index in [9.17, 15) is 4.79 Å². The molecule has 6 nitrogen and oxygen atoms in total. The van der Waals surface area contributed by atoms with Crippen molar-refractivity contribution in [3.63, 3.8) is 0 Å². The third-order valence-electron chi connectivity index (χ3n) is 4.17. The Morgan fingerprint density at radius 1 is 1.32 bits per heavy atom. The van der Waals surface area contributed by atoms with E-state index in [1.165, 1.54) is 0 Å². The van der Waals surface area contributed by atoms with E-state index in [4.69, 9.17) is 4.74 Å². The number of nitrogens with zero attached hydrogens (tertiary/aromatic N) is 1. The van der Waals surface area contributed by atoms with E-state index < -0.39 is 0 Å². The molecule has 25 heavy (non-hydrogen) atoms. The summed E-state index contributed by atoms with van der Waals surface area (Å²) in [5.74, 6) is 0.764. The largest absolute Gasteiger partial charge is 0.377 e. The minimum absolute atomic E-state index is 0.00828. The van der Waals surface area contributed by atoms with Gasteiger partial charge in [0.25, 0.3) is 0 Å². The van der Waals surface area contributed by atoms with Gasteiger partial charge < -0.3 is 20.7 Å². The zero-order valence-corrected chi connectivity index (χ0v) is 16.3. The van der Waals surface area contributed by atoms with Crippen LogP contribution in [0, 0.1) is 5.92 Å². The lowest BCUT2D eigenvalue weighted by Gasteiger charge is -2.24. The number of methoxy groups -OCH3 is 1. The highest BCUT2D eigenvalue weighted by Gasteiger charge is 2.16. The SMILES string of the molecule is CCC(C)C(=O)Nc1cccc(CNC(=NC)NCC(C)(C)OC)c1. The Hall–Kier alpha value is -2.08. The number of amides is 1. The highest BCUT2D eigenvalue weighted by atomic mass is 16.5. The maximum Gasteiger partial charge on any atom is 0.227 e. The van der Waals surface area contributed by atoms with Crippen molar-refractivity contribution in [2.24, 2.45) is 10.9 Å². The number of hydrogen-bond acceptors (Lipinski definition) is 3. The maximum absolute atomic E-state index is 12.0. The zero-order chi connectivity index (χ0) is 18.9. The Bertz CT molecular complexity index is 585. The number of guanidine groups is 1. The van der Waals surface area contributed by atoms with E-state index in [-0.39, 0.29) is 17.4 Å². The molecule has 0 aliphatic heterocycles. The van der Waals surface area contributed by atoms with Crippen molar-refractivity contribution in [2.45, 2.75) is 46.3 Å². The van der Waals surface area contributed by atoms with Crippen LogP contribution in [0.25, 0.3) is 0 Å². The van der Waals surface area contributed by atoms with E-state index in [1.54, 1.807) is 14.2 Å². The fourth-order valence-corrected chi connectivity index (χ4v) is 1.99. The van der Waals surface area contributed by atoms with Gasteiger partial charge in [-0.3, -0.25) is 9.79 Å². The molecular formula is C19H32N4O2. The quantitative estimate of drug-likeness (QED) is 0.499. The predicted octanol–water partition coefficient (Wildman–Crippen LogP) is 2.76. The number of nitrogens with one attached hydrogen (secondary N) is 3. The molecular weight excluding hydrogens is 316 g/mol. The molecule has 0 fully saturated rings. The van der Waals surface area contributed by atoms with Crippen molar-refractivity contribution in [1.29, 1.82) is 0 Å². The zero-order valence-electron chi connectivity index (χ0n) is 16.3. The van der Waals surface area contributed by atoms with E-state index in [0.717, 1.165) is 17.7 Å². The molecule has 0 saturated heterocycles. The molecule has 0 aliphatic carbocycles. The normalized spacial score (nSPS) is 13.3. The standard InChI is InChI=1S/C19H32N4O2/c1-7-14(2)17(24)23-16-10-8-9-15(11-16)12-21-18(20-5)22-13-19(3,4)25-6/h8-11,14H,7,12-13H2,1-6H3,(H,23,24)(H2,20,21,22). The van der Waals surface area contributed by atoms with Gasteiger partial charge >= 0.3 is 0 Å². The topological polar surface area (TPSA) is 74.8 Å². The van der Waals surface area contributed by atoms with Crippen LogP contribution in [0.1, 0.15) is 39.7 Å². The van der Waals surface area contributed by atoms with Crippen molar-refractivity contribution in [3.8, 4) is 0 Å². The highest BCUT2D eigenvalue weighted by Crippen LogP contribution is 2.13. The molecule has 1 amide bonds. The van der Waals surface area contributed by atoms with Gasteiger partial charge in [0.15, 0.2) is 5.96 Å². The van der Waals surface area contributed by atoms with Gasteiger partial charge in [0.1, 0.15) is 0 Å². The molecule has 0 spiro atoms. The summed E-state index contributed by atoms with van der Waals surface area (Å²) in [6.07, 6.45) is 0.826. The number of hydrogen-bond donors (Lipinski definition) is 3. The summed E-state index contributed by atoms with van der Waals surface area (Å²) < 4.78 is 5.39. The van der Waals surface area contributed by atoms with Crippen LogP contribution in [0.3, 0.4) is 0 Å². The summed E-state index contributed by atoms with van der Waals surface area (Å²) >= 11 is 0. The molecule has 6 heteroatoms. The van der Waals surface area contributed by atoms with Crippen LogP contribution in [0.15, 0.2) is 29.3 Å². The first kappa shape index (κ1) is 21.0. The van der Waals surface area contributed by atoms with Crippen molar-refractivity contribution in [1.82, 2.24) is 10.6 Å². The van der Waals surface area contributed by atoms with Crippen molar-refractivity contribution < 1.29 is 9.53 Å². The number of anilines is 1. The molecule has 0 saturated carbocycles. The number of aliphatic imine (C=N–C) groups is 1. The molecule has 1 aromatic rings. The predicted molar refractivity (Wildman–Crippen MR) is 104 cm³/mol. The Kier molecular flexibility index (Phi) is 8.41. The summed E-state index contributed by atoms with van der Waals surface area (Å²) in [6, 6.07) is 7.82. The smallest absolute Gasteiger partial charge is 0.227 e. The van der Waals surface area contributed by atoms with E-state index >= 15 is 0 Å². The average molecular weight is 348 g/mol. The number of benzene rings is 1. The van der Waals surface area contributed by atoms with Crippen LogP contribution in [0.5, 0.6) is 0 Å². The van der Waals surface area contributed by atoms with Crippen LogP contribution in [-0.4, -0.2) is 38.2 Å². The second kappa shape index (κ2) is 10.0. The first-order valence-corrected chi connectivity index (χ1v) is 8.70.